The first kappa shape index (κ1) is 25.3. The van der Waals surface area contributed by atoms with E-state index in [0.717, 1.165) is 5.56 Å². The first-order valence-electron chi connectivity index (χ1n) is 11.8. The molecule has 0 unspecified atom stereocenters. The number of benzene rings is 3. The van der Waals surface area contributed by atoms with Crippen molar-refractivity contribution >= 4 is 17.5 Å². The van der Waals surface area contributed by atoms with Crippen LogP contribution in [0.25, 0.3) is 0 Å². The second-order valence-electron chi connectivity index (χ2n) is 9.84. The van der Waals surface area contributed by atoms with Gasteiger partial charge in [0, 0.05) is 23.3 Å². The van der Waals surface area contributed by atoms with Gasteiger partial charge in [-0.15, -0.1) is 0 Å². The van der Waals surface area contributed by atoms with Crippen LogP contribution in [0.3, 0.4) is 0 Å². The summed E-state index contributed by atoms with van der Waals surface area (Å²) in [6, 6.07) is 12.3. The van der Waals surface area contributed by atoms with E-state index < -0.39 is 55.3 Å². The SMILES string of the molecule is Fc1cc2c(cc1N1CC(F)(F)C1)Oc1cc(N3CC(F)(F)C3)c(F)cc1C21OCc2ccccc21.O=C=O. The molecule has 3 aromatic rings. The minimum atomic E-state index is -2.91. The molecule has 1 spiro atoms. The molecule has 0 saturated carbocycles. The third-order valence-corrected chi connectivity index (χ3v) is 7.29. The fraction of sp³-hybridized carbons (Fsp3) is 0.296. The Morgan fingerprint density at radius 1 is 0.718 bits per heavy atom. The highest BCUT2D eigenvalue weighted by molar-refractivity contribution is 5.70. The summed E-state index contributed by atoms with van der Waals surface area (Å²) >= 11 is 0. The van der Waals surface area contributed by atoms with Crippen LogP contribution >= 0.6 is 0 Å². The fourth-order valence-corrected chi connectivity index (χ4v) is 5.62. The van der Waals surface area contributed by atoms with Crippen molar-refractivity contribution < 1.29 is 45.4 Å². The first-order chi connectivity index (χ1) is 18.5. The van der Waals surface area contributed by atoms with Gasteiger partial charge in [0.05, 0.1) is 44.2 Å². The van der Waals surface area contributed by atoms with Gasteiger partial charge in [0.25, 0.3) is 11.8 Å². The molecule has 4 aliphatic rings. The fourth-order valence-electron chi connectivity index (χ4n) is 5.62. The quantitative estimate of drug-likeness (QED) is 0.410. The first-order valence-corrected chi connectivity index (χ1v) is 11.8. The summed E-state index contributed by atoms with van der Waals surface area (Å²) < 4.78 is 96.9. The highest BCUT2D eigenvalue weighted by Crippen LogP contribution is 2.58. The molecular weight excluding hydrogens is 530 g/mol. The van der Waals surface area contributed by atoms with E-state index in [0.29, 0.717) is 5.56 Å². The van der Waals surface area contributed by atoms with E-state index in [4.69, 9.17) is 19.1 Å². The Bertz CT molecular complexity index is 1440. The molecule has 0 aromatic heterocycles. The lowest BCUT2D eigenvalue weighted by Gasteiger charge is -2.43. The normalized spacial score (nSPS) is 20.3. The highest BCUT2D eigenvalue weighted by atomic mass is 19.3. The molecule has 0 N–H and O–H groups in total. The van der Waals surface area contributed by atoms with Gasteiger partial charge in [-0.3, -0.25) is 0 Å². The van der Waals surface area contributed by atoms with Crippen LogP contribution in [-0.4, -0.2) is 44.2 Å². The molecule has 0 atom stereocenters. The molecule has 0 bridgehead atoms. The van der Waals surface area contributed by atoms with Crippen LogP contribution in [0.5, 0.6) is 11.5 Å². The van der Waals surface area contributed by atoms with Crippen molar-refractivity contribution in [3.8, 4) is 11.5 Å². The second kappa shape index (κ2) is 8.49. The largest absolute Gasteiger partial charge is 0.456 e. The van der Waals surface area contributed by atoms with Gasteiger partial charge in [-0.1, -0.05) is 24.3 Å². The average Bonchev–Trinajstić information content (AvgIpc) is 3.22. The summed E-state index contributed by atoms with van der Waals surface area (Å²) in [5, 5.41) is 0. The van der Waals surface area contributed by atoms with E-state index in [2.05, 4.69) is 0 Å². The van der Waals surface area contributed by atoms with Crippen molar-refractivity contribution in [3.05, 3.63) is 82.4 Å². The maximum atomic E-state index is 15.3. The van der Waals surface area contributed by atoms with Crippen LogP contribution in [0.2, 0.25) is 0 Å². The van der Waals surface area contributed by atoms with Gasteiger partial charge in [-0.25, -0.2) is 26.3 Å². The van der Waals surface area contributed by atoms with E-state index in [1.165, 1.54) is 34.1 Å². The molecule has 2 saturated heterocycles. The van der Waals surface area contributed by atoms with E-state index in [-0.39, 0.29) is 46.8 Å². The Morgan fingerprint density at radius 2 is 1.18 bits per heavy atom. The van der Waals surface area contributed by atoms with Gasteiger partial charge in [-0.2, -0.15) is 9.59 Å². The average molecular weight is 548 g/mol. The molecule has 4 aliphatic heterocycles. The van der Waals surface area contributed by atoms with Crippen LogP contribution in [-0.2, 0) is 26.5 Å². The molecule has 6 nitrogen and oxygen atoms in total. The van der Waals surface area contributed by atoms with Crippen LogP contribution in [0.1, 0.15) is 22.3 Å². The molecule has 39 heavy (non-hydrogen) atoms. The summed E-state index contributed by atoms with van der Waals surface area (Å²) in [5.41, 5.74) is 0.516. The number of anilines is 2. The van der Waals surface area contributed by atoms with Gasteiger partial charge in [-0.05, 0) is 23.3 Å². The standard InChI is InChI=1S/C26H18F6N2O2.CO2/c27-18-5-16-22(7-20(18)33-10-24(29,30)11-33)36-23-8-21(34-12-25(31,32)13-34)19(28)6-17(23)26(16)15-4-2-1-3-14(15)9-35-26;2-1-3/h1-8H,9-13H2;. The topological polar surface area (TPSA) is 59.1 Å². The minimum Gasteiger partial charge on any atom is -0.456 e. The lowest BCUT2D eigenvalue weighted by atomic mass is 9.77. The Morgan fingerprint density at radius 3 is 1.64 bits per heavy atom. The molecule has 3 aromatic carbocycles. The number of hydrogen-bond acceptors (Lipinski definition) is 6. The predicted molar refractivity (Wildman–Crippen MR) is 123 cm³/mol. The maximum Gasteiger partial charge on any atom is 0.373 e. The van der Waals surface area contributed by atoms with Crippen molar-refractivity contribution in [2.75, 3.05) is 36.0 Å². The molecule has 4 heterocycles. The number of fused-ring (bicyclic) bond motifs is 6. The van der Waals surface area contributed by atoms with Gasteiger partial charge in [0.1, 0.15) is 23.1 Å². The third kappa shape index (κ3) is 3.85. The summed E-state index contributed by atoms with van der Waals surface area (Å²) in [6.07, 6.45) is 0.250. The van der Waals surface area contributed by atoms with Crippen LogP contribution in [0.15, 0.2) is 48.5 Å². The maximum absolute atomic E-state index is 15.3. The zero-order valence-electron chi connectivity index (χ0n) is 19.9. The van der Waals surface area contributed by atoms with E-state index in [1.54, 1.807) is 12.1 Å². The molecule has 7 rings (SSSR count). The number of ether oxygens (including phenoxy) is 2. The van der Waals surface area contributed by atoms with Gasteiger partial charge in [0.2, 0.25) is 0 Å². The smallest absolute Gasteiger partial charge is 0.373 e. The summed E-state index contributed by atoms with van der Waals surface area (Å²) in [7, 11) is 0. The molecule has 0 amide bonds. The highest BCUT2D eigenvalue weighted by Gasteiger charge is 2.52. The van der Waals surface area contributed by atoms with Crippen molar-refractivity contribution in [1.82, 2.24) is 0 Å². The predicted octanol–water partition coefficient (Wildman–Crippen LogP) is 5.22. The van der Waals surface area contributed by atoms with E-state index in [9.17, 15) is 17.6 Å². The Hall–Kier alpha value is -4.02. The van der Waals surface area contributed by atoms with Gasteiger partial charge in [0.15, 0.2) is 5.60 Å². The number of carbonyl (C=O) groups excluding carboxylic acids is 2. The Balaban J connectivity index is 0.000000883. The molecule has 202 valence electrons. The molecule has 0 radical (unpaired) electrons. The molecular formula is C27H18F6N2O4. The molecule has 0 aliphatic carbocycles. The number of halogens is 6. The summed E-state index contributed by atoms with van der Waals surface area (Å²) in [4.78, 5) is 18.7. The lowest BCUT2D eigenvalue weighted by molar-refractivity contribution is -0.191. The molecule has 12 heteroatoms. The zero-order chi connectivity index (χ0) is 27.7. The van der Waals surface area contributed by atoms with Gasteiger partial charge >= 0.3 is 6.15 Å². The monoisotopic (exact) mass is 548 g/mol. The van der Waals surface area contributed by atoms with E-state index >= 15 is 8.78 Å². The summed E-state index contributed by atoms with van der Waals surface area (Å²) in [5.74, 6) is -6.95. The Kier molecular flexibility index (Phi) is 5.50. The zero-order valence-corrected chi connectivity index (χ0v) is 19.9. The number of nitrogens with zero attached hydrogens (tertiary/aromatic N) is 2. The lowest BCUT2D eigenvalue weighted by Crippen LogP contribution is -2.56. The van der Waals surface area contributed by atoms with Crippen molar-refractivity contribution in [2.24, 2.45) is 0 Å². The third-order valence-electron chi connectivity index (χ3n) is 7.29. The Labute approximate surface area is 217 Å². The second-order valence-corrected chi connectivity index (χ2v) is 9.84. The van der Waals surface area contributed by atoms with Crippen LogP contribution in [0, 0.1) is 11.6 Å². The minimum absolute atomic E-state index is 0.0470. The number of alkyl halides is 4. The van der Waals surface area contributed by atoms with Gasteiger partial charge < -0.3 is 19.3 Å². The van der Waals surface area contributed by atoms with Crippen LogP contribution in [0.4, 0.5) is 37.7 Å². The number of hydrogen-bond donors (Lipinski definition) is 0. The summed E-state index contributed by atoms with van der Waals surface area (Å²) in [6.45, 7) is -2.33. The number of rotatable bonds is 2. The van der Waals surface area contributed by atoms with E-state index in [1.807, 2.05) is 12.1 Å². The van der Waals surface area contributed by atoms with Crippen molar-refractivity contribution in [1.29, 1.82) is 0 Å². The van der Waals surface area contributed by atoms with Crippen LogP contribution < -0.4 is 14.5 Å². The molecule has 2 fully saturated rings. The van der Waals surface area contributed by atoms with Crippen molar-refractivity contribution in [2.45, 2.75) is 24.1 Å². The van der Waals surface area contributed by atoms with Crippen molar-refractivity contribution in [3.63, 3.8) is 0 Å².